The van der Waals surface area contributed by atoms with E-state index in [2.05, 4.69) is 20.8 Å². The second-order valence-electron chi connectivity index (χ2n) is 9.13. The zero-order valence-electron chi connectivity index (χ0n) is 16.0. The molecule has 4 heteroatoms. The Labute approximate surface area is 150 Å². The number of carbonyl (C=O) groups excluding carboxylic acids is 2. The predicted molar refractivity (Wildman–Crippen MR) is 97.4 cm³/mol. The number of benzene rings is 1. The van der Waals surface area contributed by atoms with Crippen LogP contribution in [0.2, 0.25) is 0 Å². The molecule has 1 amide bonds. The Hall–Kier alpha value is -1.84. The molecule has 1 saturated carbocycles. The van der Waals surface area contributed by atoms with Crippen LogP contribution in [0.4, 0.5) is 0 Å². The van der Waals surface area contributed by atoms with Gasteiger partial charge in [-0.3, -0.25) is 4.79 Å². The largest absolute Gasteiger partial charge is 0.452 e. The lowest BCUT2D eigenvalue weighted by Crippen LogP contribution is -2.39. The minimum atomic E-state index is -0.417. The fraction of sp³-hybridized carbons (Fsp3) is 0.619. The number of amides is 1. The van der Waals surface area contributed by atoms with E-state index in [1.54, 1.807) is 6.07 Å². The zero-order chi connectivity index (χ0) is 18.4. The summed E-state index contributed by atoms with van der Waals surface area (Å²) in [5, 5.41) is 0. The topological polar surface area (TPSA) is 46.6 Å². The third kappa shape index (κ3) is 3.73. The fourth-order valence-corrected chi connectivity index (χ4v) is 5.08. The van der Waals surface area contributed by atoms with E-state index in [-0.39, 0.29) is 29.4 Å². The molecular formula is C21H29NO3. The molecule has 3 rings (SSSR count). The first kappa shape index (κ1) is 18.0. The molecule has 136 valence electrons. The summed E-state index contributed by atoms with van der Waals surface area (Å²) in [6.45, 7) is 11.3. The number of fused-ring (bicyclic) bond motifs is 2. The van der Waals surface area contributed by atoms with E-state index in [1.165, 1.54) is 0 Å². The van der Waals surface area contributed by atoms with E-state index < -0.39 is 5.97 Å². The molecule has 1 aromatic rings. The van der Waals surface area contributed by atoms with Crippen LogP contribution < -0.4 is 0 Å². The van der Waals surface area contributed by atoms with Gasteiger partial charge in [0.15, 0.2) is 6.61 Å². The predicted octanol–water partition coefficient (Wildman–Crippen LogP) is 3.89. The lowest BCUT2D eigenvalue weighted by atomic mass is 9.65. The third-order valence-electron chi connectivity index (χ3n) is 5.66. The highest BCUT2D eigenvalue weighted by atomic mass is 16.5. The minimum Gasteiger partial charge on any atom is -0.452 e. The van der Waals surface area contributed by atoms with E-state index in [9.17, 15) is 9.59 Å². The van der Waals surface area contributed by atoms with Gasteiger partial charge in [-0.15, -0.1) is 0 Å². The standard InChI is InChI=1S/C21H29NO3/c1-14-6-7-17(15(2)8-14)19(24)25-11-18(23)22-13-21(5)10-16(22)9-20(3,4)12-21/h6-8,16H,9-13H2,1-5H3/t16-,21-/m0/s1. The molecule has 4 nitrogen and oxygen atoms in total. The Morgan fingerprint density at radius 2 is 1.92 bits per heavy atom. The Bertz CT molecular complexity index is 709. The Kier molecular flexibility index (Phi) is 4.42. The fourth-order valence-electron chi connectivity index (χ4n) is 5.08. The molecule has 1 heterocycles. The molecule has 0 N–H and O–H groups in total. The summed E-state index contributed by atoms with van der Waals surface area (Å²) in [6.07, 6.45) is 3.23. The summed E-state index contributed by atoms with van der Waals surface area (Å²) >= 11 is 0. The maximum Gasteiger partial charge on any atom is 0.338 e. The van der Waals surface area contributed by atoms with Crippen LogP contribution in [0.25, 0.3) is 0 Å². The highest BCUT2D eigenvalue weighted by Gasteiger charge is 2.50. The average molecular weight is 343 g/mol. The number of likely N-dealkylation sites (tertiary alicyclic amines) is 1. The quantitative estimate of drug-likeness (QED) is 0.782. The maximum atomic E-state index is 12.7. The van der Waals surface area contributed by atoms with E-state index in [1.807, 2.05) is 30.9 Å². The van der Waals surface area contributed by atoms with Crippen molar-refractivity contribution < 1.29 is 14.3 Å². The number of rotatable bonds is 3. The van der Waals surface area contributed by atoms with Crippen molar-refractivity contribution >= 4 is 11.9 Å². The van der Waals surface area contributed by atoms with Gasteiger partial charge in [-0.25, -0.2) is 4.79 Å². The number of aryl methyl sites for hydroxylation is 2. The van der Waals surface area contributed by atoms with Crippen LogP contribution in [0.1, 0.15) is 61.5 Å². The highest BCUT2D eigenvalue weighted by Crippen LogP contribution is 2.52. The summed E-state index contributed by atoms with van der Waals surface area (Å²) < 4.78 is 5.33. The van der Waals surface area contributed by atoms with Crippen LogP contribution in [0, 0.1) is 24.7 Å². The molecule has 25 heavy (non-hydrogen) atoms. The normalized spacial score (nSPS) is 27.2. The molecule has 2 aliphatic rings. The molecule has 0 unspecified atom stereocenters. The maximum absolute atomic E-state index is 12.7. The molecule has 0 spiro atoms. The molecule has 2 atom stereocenters. The van der Waals surface area contributed by atoms with Gasteiger partial charge in [0, 0.05) is 12.6 Å². The molecular weight excluding hydrogens is 314 g/mol. The van der Waals surface area contributed by atoms with Crippen molar-refractivity contribution in [2.45, 2.75) is 59.9 Å². The summed E-state index contributed by atoms with van der Waals surface area (Å²) in [6, 6.07) is 5.88. The number of esters is 1. The van der Waals surface area contributed by atoms with Gasteiger partial charge in [0.1, 0.15) is 0 Å². The number of carbonyl (C=O) groups is 2. The Morgan fingerprint density at radius 3 is 2.60 bits per heavy atom. The SMILES string of the molecule is Cc1ccc(C(=O)OCC(=O)N2C[C@@]3(C)C[C@@H]2CC(C)(C)C3)c(C)c1. The van der Waals surface area contributed by atoms with Crippen LogP contribution in [0.5, 0.6) is 0 Å². The molecule has 2 bridgehead atoms. The lowest BCUT2D eigenvalue weighted by molar-refractivity contribution is -0.135. The molecule has 0 aromatic heterocycles. The van der Waals surface area contributed by atoms with Gasteiger partial charge in [-0.1, -0.05) is 38.5 Å². The Morgan fingerprint density at radius 1 is 1.20 bits per heavy atom. The molecule has 0 radical (unpaired) electrons. The molecule has 1 aromatic carbocycles. The first-order valence-corrected chi connectivity index (χ1v) is 9.12. The third-order valence-corrected chi connectivity index (χ3v) is 5.66. The smallest absolute Gasteiger partial charge is 0.338 e. The van der Waals surface area contributed by atoms with E-state index >= 15 is 0 Å². The van der Waals surface area contributed by atoms with E-state index in [0.717, 1.165) is 36.9 Å². The summed E-state index contributed by atoms with van der Waals surface area (Å²) in [5.74, 6) is -0.482. The van der Waals surface area contributed by atoms with E-state index in [0.29, 0.717) is 5.56 Å². The second-order valence-corrected chi connectivity index (χ2v) is 9.13. The number of hydrogen-bond acceptors (Lipinski definition) is 3. The van der Waals surface area contributed by atoms with Crippen LogP contribution in [-0.4, -0.2) is 36.0 Å². The Balaban J connectivity index is 1.62. The number of ether oxygens (including phenoxy) is 1. The zero-order valence-corrected chi connectivity index (χ0v) is 16.0. The van der Waals surface area contributed by atoms with Crippen molar-refractivity contribution in [2.24, 2.45) is 10.8 Å². The summed E-state index contributed by atoms with van der Waals surface area (Å²) in [5.41, 5.74) is 2.97. The molecule has 2 fully saturated rings. The van der Waals surface area contributed by atoms with Gasteiger partial charge in [0.2, 0.25) is 0 Å². The molecule has 1 aliphatic carbocycles. The number of hydrogen-bond donors (Lipinski definition) is 0. The minimum absolute atomic E-state index is 0.0652. The second kappa shape index (κ2) is 6.15. The van der Waals surface area contributed by atoms with Gasteiger partial charge < -0.3 is 9.64 Å². The van der Waals surface area contributed by atoms with Gasteiger partial charge >= 0.3 is 5.97 Å². The van der Waals surface area contributed by atoms with Gasteiger partial charge in [-0.05, 0) is 55.6 Å². The van der Waals surface area contributed by atoms with Crippen molar-refractivity contribution in [1.29, 1.82) is 0 Å². The van der Waals surface area contributed by atoms with Gasteiger partial charge in [0.05, 0.1) is 5.56 Å². The highest BCUT2D eigenvalue weighted by molar-refractivity contribution is 5.92. The summed E-state index contributed by atoms with van der Waals surface area (Å²) in [4.78, 5) is 26.9. The average Bonchev–Trinajstić information content (AvgIpc) is 2.73. The van der Waals surface area contributed by atoms with Crippen LogP contribution in [0.3, 0.4) is 0 Å². The van der Waals surface area contributed by atoms with Crippen LogP contribution in [-0.2, 0) is 9.53 Å². The molecule has 1 saturated heterocycles. The van der Waals surface area contributed by atoms with Gasteiger partial charge in [0.25, 0.3) is 5.91 Å². The van der Waals surface area contributed by atoms with Gasteiger partial charge in [-0.2, -0.15) is 0 Å². The number of nitrogens with zero attached hydrogens (tertiary/aromatic N) is 1. The first-order valence-electron chi connectivity index (χ1n) is 9.12. The van der Waals surface area contributed by atoms with Crippen LogP contribution >= 0.6 is 0 Å². The van der Waals surface area contributed by atoms with Crippen molar-refractivity contribution in [3.63, 3.8) is 0 Å². The van der Waals surface area contributed by atoms with Crippen molar-refractivity contribution in [3.8, 4) is 0 Å². The van der Waals surface area contributed by atoms with Crippen molar-refractivity contribution in [2.75, 3.05) is 13.2 Å². The monoisotopic (exact) mass is 343 g/mol. The lowest BCUT2D eigenvalue weighted by Gasteiger charge is -2.39. The first-order chi connectivity index (χ1) is 11.6. The summed E-state index contributed by atoms with van der Waals surface area (Å²) in [7, 11) is 0. The van der Waals surface area contributed by atoms with Crippen molar-refractivity contribution in [1.82, 2.24) is 4.90 Å². The van der Waals surface area contributed by atoms with Crippen molar-refractivity contribution in [3.05, 3.63) is 34.9 Å². The van der Waals surface area contributed by atoms with E-state index in [4.69, 9.17) is 4.74 Å². The molecule has 1 aliphatic heterocycles. The van der Waals surface area contributed by atoms with Crippen LogP contribution in [0.15, 0.2) is 18.2 Å².